The number of aliphatic hydroxyl groups excluding tert-OH is 1. The van der Waals surface area contributed by atoms with Gasteiger partial charge in [-0.2, -0.15) is 0 Å². The molecule has 2 atom stereocenters. The van der Waals surface area contributed by atoms with Gasteiger partial charge < -0.3 is 15.7 Å². The molecular formula is C17H20N2O3S. The highest BCUT2D eigenvalue weighted by Gasteiger charge is 2.07. The van der Waals surface area contributed by atoms with Gasteiger partial charge in [0.15, 0.2) is 0 Å². The van der Waals surface area contributed by atoms with Crippen molar-refractivity contribution in [2.75, 3.05) is 23.5 Å². The lowest BCUT2D eigenvalue weighted by molar-refractivity contribution is -0.118. The summed E-state index contributed by atoms with van der Waals surface area (Å²) in [4.78, 5) is 12.0. The van der Waals surface area contributed by atoms with E-state index in [2.05, 4.69) is 10.6 Å². The Kier molecular flexibility index (Phi) is 5.90. The van der Waals surface area contributed by atoms with Crippen molar-refractivity contribution in [3.05, 3.63) is 54.1 Å². The molecule has 0 saturated heterocycles. The summed E-state index contributed by atoms with van der Waals surface area (Å²) in [5.74, 6) is -0.446. The Morgan fingerprint density at radius 1 is 1.17 bits per heavy atom. The Hall–Kier alpha value is -2.18. The summed E-state index contributed by atoms with van der Waals surface area (Å²) in [6, 6.07) is 15.0. The van der Waals surface area contributed by atoms with Crippen LogP contribution in [0.1, 0.15) is 18.5 Å². The Balaban J connectivity index is 2.07. The minimum Gasteiger partial charge on any atom is -0.387 e. The molecule has 122 valence electrons. The molecule has 0 heterocycles. The van der Waals surface area contributed by atoms with Gasteiger partial charge in [0.2, 0.25) is 5.91 Å². The largest absolute Gasteiger partial charge is 0.387 e. The third-order valence-electron chi connectivity index (χ3n) is 3.39. The lowest BCUT2D eigenvalue weighted by Gasteiger charge is -2.17. The molecule has 23 heavy (non-hydrogen) atoms. The molecule has 0 saturated carbocycles. The van der Waals surface area contributed by atoms with E-state index in [1.807, 2.05) is 43.3 Å². The number of carbonyl (C=O) groups is 1. The summed E-state index contributed by atoms with van der Waals surface area (Å²) in [5.41, 5.74) is 2.55. The zero-order valence-corrected chi connectivity index (χ0v) is 13.9. The first-order valence-electron chi connectivity index (χ1n) is 7.20. The standard InChI is InChI=1S/C17H20N2O3S/c1-12(13-6-8-16(9-7-13)23(2)22)18-14-4-3-5-15(10-14)19-17(21)11-20/h3-10,12,18,20H,11H2,1-2H3,(H,19,21)/t12-,23+/m1/s1. The Labute approximate surface area is 138 Å². The summed E-state index contributed by atoms with van der Waals surface area (Å²) in [6.45, 7) is 1.48. The van der Waals surface area contributed by atoms with Gasteiger partial charge in [-0.3, -0.25) is 9.00 Å². The highest BCUT2D eigenvalue weighted by Crippen LogP contribution is 2.22. The van der Waals surface area contributed by atoms with E-state index in [0.717, 1.165) is 16.1 Å². The molecule has 2 aromatic carbocycles. The number of hydrogen-bond acceptors (Lipinski definition) is 4. The van der Waals surface area contributed by atoms with Gasteiger partial charge in [-0.05, 0) is 42.8 Å². The predicted octanol–water partition coefficient (Wildman–Crippen LogP) is 2.53. The molecule has 3 N–H and O–H groups in total. The van der Waals surface area contributed by atoms with Crippen LogP contribution in [0.2, 0.25) is 0 Å². The van der Waals surface area contributed by atoms with Crippen LogP contribution in [0.5, 0.6) is 0 Å². The maximum atomic E-state index is 11.4. The average Bonchev–Trinajstić information content (AvgIpc) is 2.55. The van der Waals surface area contributed by atoms with Crippen LogP contribution < -0.4 is 10.6 Å². The summed E-state index contributed by atoms with van der Waals surface area (Å²) in [6.07, 6.45) is 1.66. The maximum absolute atomic E-state index is 11.4. The summed E-state index contributed by atoms with van der Waals surface area (Å²) in [5, 5.41) is 14.7. The molecule has 6 heteroatoms. The zero-order valence-electron chi connectivity index (χ0n) is 13.1. The van der Waals surface area contributed by atoms with E-state index in [9.17, 15) is 9.00 Å². The van der Waals surface area contributed by atoms with E-state index in [4.69, 9.17) is 5.11 Å². The Bertz CT molecular complexity index is 701. The predicted molar refractivity (Wildman–Crippen MR) is 93.0 cm³/mol. The van der Waals surface area contributed by atoms with E-state index in [1.165, 1.54) is 0 Å². The van der Waals surface area contributed by atoms with Crippen LogP contribution in [-0.2, 0) is 15.6 Å². The topological polar surface area (TPSA) is 78.4 Å². The smallest absolute Gasteiger partial charge is 0.250 e. The van der Waals surface area contributed by atoms with Crippen molar-refractivity contribution in [2.45, 2.75) is 17.9 Å². The second-order valence-electron chi connectivity index (χ2n) is 5.18. The second-order valence-corrected chi connectivity index (χ2v) is 6.56. The molecule has 0 aliphatic rings. The quantitative estimate of drug-likeness (QED) is 0.759. The van der Waals surface area contributed by atoms with Crippen molar-refractivity contribution in [3.8, 4) is 0 Å². The number of carbonyl (C=O) groups excluding carboxylic acids is 1. The summed E-state index contributed by atoms with van der Waals surface area (Å²) in [7, 11) is -0.979. The van der Waals surface area contributed by atoms with Crippen LogP contribution >= 0.6 is 0 Å². The molecule has 2 aromatic rings. The molecule has 0 aliphatic heterocycles. The average molecular weight is 332 g/mol. The van der Waals surface area contributed by atoms with Crippen molar-refractivity contribution in [2.24, 2.45) is 0 Å². The van der Waals surface area contributed by atoms with E-state index >= 15 is 0 Å². The fourth-order valence-corrected chi connectivity index (χ4v) is 2.69. The monoisotopic (exact) mass is 332 g/mol. The molecular weight excluding hydrogens is 312 g/mol. The van der Waals surface area contributed by atoms with Crippen molar-refractivity contribution in [1.82, 2.24) is 0 Å². The molecule has 0 fully saturated rings. The normalized spacial score (nSPS) is 13.2. The van der Waals surface area contributed by atoms with Gasteiger partial charge in [0.1, 0.15) is 6.61 Å². The highest BCUT2D eigenvalue weighted by atomic mass is 32.2. The van der Waals surface area contributed by atoms with Crippen LogP contribution in [0.25, 0.3) is 0 Å². The third kappa shape index (κ3) is 4.91. The van der Waals surface area contributed by atoms with Crippen LogP contribution in [0, 0.1) is 0 Å². The number of nitrogens with one attached hydrogen (secondary N) is 2. The number of amides is 1. The fraction of sp³-hybridized carbons (Fsp3) is 0.235. The fourth-order valence-electron chi connectivity index (χ4n) is 2.17. The molecule has 0 aliphatic carbocycles. The molecule has 0 radical (unpaired) electrons. The third-order valence-corrected chi connectivity index (χ3v) is 4.32. The Morgan fingerprint density at radius 2 is 1.83 bits per heavy atom. The van der Waals surface area contributed by atoms with Crippen LogP contribution in [-0.4, -0.2) is 28.1 Å². The number of aliphatic hydroxyl groups is 1. The first kappa shape index (κ1) is 17.2. The molecule has 2 rings (SSSR count). The first-order valence-corrected chi connectivity index (χ1v) is 8.76. The van der Waals surface area contributed by atoms with Crippen LogP contribution in [0.15, 0.2) is 53.4 Å². The van der Waals surface area contributed by atoms with E-state index in [0.29, 0.717) is 5.69 Å². The minimum absolute atomic E-state index is 0.0538. The SMILES string of the molecule is C[C@@H](Nc1cccc(NC(=O)CO)c1)c1ccc([S@](C)=O)cc1. The van der Waals surface area contributed by atoms with Crippen molar-refractivity contribution in [3.63, 3.8) is 0 Å². The number of anilines is 2. The summed E-state index contributed by atoms with van der Waals surface area (Å²) < 4.78 is 11.4. The number of benzene rings is 2. The molecule has 0 unspecified atom stereocenters. The van der Waals surface area contributed by atoms with Crippen molar-refractivity contribution >= 4 is 28.1 Å². The molecule has 0 bridgehead atoms. The van der Waals surface area contributed by atoms with Gasteiger partial charge in [0.25, 0.3) is 0 Å². The van der Waals surface area contributed by atoms with Gasteiger partial charge in [0.05, 0.1) is 0 Å². The molecule has 5 nitrogen and oxygen atoms in total. The second kappa shape index (κ2) is 7.89. The maximum Gasteiger partial charge on any atom is 0.250 e. The van der Waals surface area contributed by atoms with Gasteiger partial charge >= 0.3 is 0 Å². The van der Waals surface area contributed by atoms with Crippen molar-refractivity contribution in [1.29, 1.82) is 0 Å². The zero-order chi connectivity index (χ0) is 16.8. The van der Waals surface area contributed by atoms with Gasteiger partial charge in [-0.25, -0.2) is 0 Å². The molecule has 0 aromatic heterocycles. The first-order chi connectivity index (χ1) is 11.0. The van der Waals surface area contributed by atoms with Crippen molar-refractivity contribution < 1.29 is 14.1 Å². The van der Waals surface area contributed by atoms with Gasteiger partial charge in [-0.1, -0.05) is 18.2 Å². The van der Waals surface area contributed by atoms with Crippen LogP contribution in [0.4, 0.5) is 11.4 Å². The minimum atomic E-state index is -0.979. The lowest BCUT2D eigenvalue weighted by atomic mass is 10.1. The number of rotatable bonds is 6. The van der Waals surface area contributed by atoms with Gasteiger partial charge in [0, 0.05) is 39.4 Å². The van der Waals surface area contributed by atoms with Crippen LogP contribution in [0.3, 0.4) is 0 Å². The number of hydrogen-bond donors (Lipinski definition) is 3. The van der Waals surface area contributed by atoms with Gasteiger partial charge in [-0.15, -0.1) is 0 Å². The highest BCUT2D eigenvalue weighted by molar-refractivity contribution is 7.84. The van der Waals surface area contributed by atoms with E-state index < -0.39 is 23.3 Å². The molecule has 1 amide bonds. The Morgan fingerprint density at radius 3 is 2.43 bits per heavy atom. The summed E-state index contributed by atoms with van der Waals surface area (Å²) >= 11 is 0. The van der Waals surface area contributed by atoms with E-state index in [-0.39, 0.29) is 6.04 Å². The van der Waals surface area contributed by atoms with E-state index in [1.54, 1.807) is 18.4 Å². The molecule has 0 spiro atoms. The lowest BCUT2D eigenvalue weighted by Crippen LogP contribution is -2.15.